The number of benzene rings is 2. The summed E-state index contributed by atoms with van der Waals surface area (Å²) >= 11 is 12.3. The van der Waals surface area contributed by atoms with Gasteiger partial charge in [0.2, 0.25) is 6.10 Å². The van der Waals surface area contributed by atoms with Crippen molar-refractivity contribution in [2.24, 2.45) is 5.92 Å². The largest absolute Gasteiger partial charge is 0.470 e. The van der Waals surface area contributed by atoms with Gasteiger partial charge in [-0.3, -0.25) is 0 Å². The van der Waals surface area contributed by atoms with E-state index in [1.807, 2.05) is 50.3 Å². The smallest absolute Gasteiger partial charge is 0.351 e. The van der Waals surface area contributed by atoms with E-state index >= 15 is 0 Å². The molecule has 3 aromatic rings. The SMILES string of the molecule is COC(=O)C1Oc2c(oc3cc(-c4cc(Cl)cc(Cl)c4)ccc23)C=C1C(C)C. The number of carbonyl (C=O) groups excluding carboxylic acids is 1. The van der Waals surface area contributed by atoms with Crippen LogP contribution in [0.15, 0.2) is 46.4 Å². The van der Waals surface area contributed by atoms with Gasteiger partial charge in [0.25, 0.3) is 0 Å². The number of furan rings is 1. The standard InChI is InChI=1S/C22H18Cl2O4/c1-11(2)17-10-19-20(28-21(17)22(25)26-3)16-5-4-12(8-18(16)27-19)13-6-14(23)9-15(24)7-13/h4-11,21H,1-3H3. The molecule has 2 aromatic carbocycles. The topological polar surface area (TPSA) is 48.7 Å². The van der Waals surface area contributed by atoms with Crippen LogP contribution in [0.4, 0.5) is 0 Å². The Balaban J connectivity index is 1.82. The maximum Gasteiger partial charge on any atom is 0.351 e. The summed E-state index contributed by atoms with van der Waals surface area (Å²) in [5, 5.41) is 1.92. The maximum absolute atomic E-state index is 12.2. The molecule has 4 nitrogen and oxygen atoms in total. The first-order valence-corrected chi connectivity index (χ1v) is 9.62. The fourth-order valence-corrected chi connectivity index (χ4v) is 3.91. The molecule has 1 aromatic heterocycles. The van der Waals surface area contributed by atoms with Gasteiger partial charge in [-0.2, -0.15) is 0 Å². The Hall–Kier alpha value is -2.43. The van der Waals surface area contributed by atoms with E-state index in [9.17, 15) is 4.79 Å². The molecule has 0 aliphatic carbocycles. The number of hydrogen-bond acceptors (Lipinski definition) is 4. The summed E-state index contributed by atoms with van der Waals surface area (Å²) in [5.74, 6) is 0.824. The number of halogens is 2. The highest BCUT2D eigenvalue weighted by molar-refractivity contribution is 6.35. The molecule has 2 heterocycles. The van der Waals surface area contributed by atoms with Gasteiger partial charge in [0, 0.05) is 10.0 Å². The van der Waals surface area contributed by atoms with Gasteiger partial charge in [0.05, 0.1) is 12.5 Å². The third-order valence-electron chi connectivity index (χ3n) is 4.78. The molecule has 0 fully saturated rings. The van der Waals surface area contributed by atoms with Crippen LogP contribution in [0.2, 0.25) is 10.0 Å². The first kappa shape index (κ1) is 18.9. The predicted molar refractivity (Wildman–Crippen MR) is 111 cm³/mol. The molecule has 0 saturated heterocycles. The van der Waals surface area contributed by atoms with Gasteiger partial charge >= 0.3 is 5.97 Å². The number of methoxy groups -OCH3 is 1. The molecule has 144 valence electrons. The highest BCUT2D eigenvalue weighted by Gasteiger charge is 2.34. The van der Waals surface area contributed by atoms with Crippen LogP contribution in [-0.4, -0.2) is 19.2 Å². The lowest BCUT2D eigenvalue weighted by atomic mass is 9.94. The molecule has 0 N–H and O–H groups in total. The lowest BCUT2D eigenvalue weighted by molar-refractivity contribution is -0.147. The van der Waals surface area contributed by atoms with Crippen molar-refractivity contribution in [3.05, 3.63) is 57.8 Å². The third-order valence-corrected chi connectivity index (χ3v) is 5.22. The fraction of sp³-hybridized carbons (Fsp3) is 0.227. The molecule has 1 unspecified atom stereocenters. The fourth-order valence-electron chi connectivity index (χ4n) is 3.38. The Morgan fingerprint density at radius 1 is 1.07 bits per heavy atom. The Morgan fingerprint density at radius 2 is 1.79 bits per heavy atom. The van der Waals surface area contributed by atoms with Crippen molar-refractivity contribution in [3.8, 4) is 16.9 Å². The summed E-state index contributed by atoms with van der Waals surface area (Å²) in [6, 6.07) is 11.1. The molecular formula is C22H18Cl2O4. The van der Waals surface area contributed by atoms with Crippen molar-refractivity contribution in [3.63, 3.8) is 0 Å². The maximum atomic E-state index is 12.2. The summed E-state index contributed by atoms with van der Waals surface area (Å²) in [7, 11) is 1.36. The van der Waals surface area contributed by atoms with Crippen LogP contribution >= 0.6 is 23.2 Å². The van der Waals surface area contributed by atoms with Crippen LogP contribution < -0.4 is 4.74 Å². The van der Waals surface area contributed by atoms with E-state index in [1.54, 1.807) is 6.07 Å². The van der Waals surface area contributed by atoms with Crippen molar-refractivity contribution >= 4 is 46.2 Å². The van der Waals surface area contributed by atoms with Gasteiger partial charge < -0.3 is 13.9 Å². The van der Waals surface area contributed by atoms with Crippen LogP contribution in [0, 0.1) is 5.92 Å². The lowest BCUT2D eigenvalue weighted by Gasteiger charge is -2.25. The van der Waals surface area contributed by atoms with E-state index in [1.165, 1.54) is 7.11 Å². The van der Waals surface area contributed by atoms with Crippen molar-refractivity contribution in [1.82, 2.24) is 0 Å². The zero-order chi connectivity index (χ0) is 20.0. The van der Waals surface area contributed by atoms with E-state index in [0.717, 1.165) is 22.1 Å². The van der Waals surface area contributed by atoms with Crippen molar-refractivity contribution in [2.75, 3.05) is 7.11 Å². The van der Waals surface area contributed by atoms with Crippen LogP contribution in [0.3, 0.4) is 0 Å². The third kappa shape index (κ3) is 3.27. The molecule has 1 atom stereocenters. The van der Waals surface area contributed by atoms with Crippen LogP contribution in [0.1, 0.15) is 19.6 Å². The summed E-state index contributed by atoms with van der Waals surface area (Å²) in [5.41, 5.74) is 3.28. The minimum absolute atomic E-state index is 0.106. The Kier molecular flexibility index (Phi) is 4.86. The van der Waals surface area contributed by atoms with Crippen LogP contribution in [0.5, 0.6) is 5.75 Å². The number of rotatable bonds is 3. The summed E-state index contributed by atoms with van der Waals surface area (Å²) < 4.78 is 17.0. The van der Waals surface area contributed by atoms with Gasteiger partial charge in [-0.15, -0.1) is 0 Å². The van der Waals surface area contributed by atoms with Crippen LogP contribution in [0.25, 0.3) is 28.2 Å². The second-order valence-electron chi connectivity index (χ2n) is 6.98. The quantitative estimate of drug-likeness (QED) is 0.464. The minimum atomic E-state index is -0.773. The molecule has 0 saturated carbocycles. The van der Waals surface area contributed by atoms with Gasteiger partial charge in [-0.1, -0.05) is 43.1 Å². The van der Waals surface area contributed by atoms with E-state index in [2.05, 4.69) is 0 Å². The highest BCUT2D eigenvalue weighted by Crippen LogP contribution is 2.42. The van der Waals surface area contributed by atoms with Gasteiger partial charge in [-0.25, -0.2) is 4.79 Å². The molecule has 0 spiro atoms. The number of esters is 1. The number of carbonyl (C=O) groups is 1. The molecule has 0 amide bonds. The average Bonchev–Trinajstić information content (AvgIpc) is 3.02. The zero-order valence-corrected chi connectivity index (χ0v) is 17.1. The highest BCUT2D eigenvalue weighted by atomic mass is 35.5. The van der Waals surface area contributed by atoms with Gasteiger partial charge in [0.15, 0.2) is 11.5 Å². The summed E-state index contributed by atoms with van der Waals surface area (Å²) in [4.78, 5) is 12.2. The molecule has 0 radical (unpaired) electrons. The first-order valence-electron chi connectivity index (χ1n) is 8.86. The Labute approximate surface area is 172 Å². The first-order chi connectivity index (χ1) is 13.4. The minimum Gasteiger partial charge on any atom is -0.470 e. The normalized spacial score (nSPS) is 15.9. The molecule has 4 rings (SSSR count). The van der Waals surface area contributed by atoms with E-state index in [-0.39, 0.29) is 5.92 Å². The molecule has 1 aliphatic heterocycles. The molecule has 28 heavy (non-hydrogen) atoms. The van der Waals surface area contributed by atoms with Crippen LogP contribution in [-0.2, 0) is 9.53 Å². The lowest BCUT2D eigenvalue weighted by Crippen LogP contribution is -2.34. The van der Waals surface area contributed by atoms with Crippen molar-refractivity contribution in [2.45, 2.75) is 20.0 Å². The number of fused-ring (bicyclic) bond motifs is 3. The number of hydrogen-bond donors (Lipinski definition) is 0. The summed E-state index contributed by atoms with van der Waals surface area (Å²) in [6.07, 6.45) is 1.10. The van der Waals surface area contributed by atoms with E-state index < -0.39 is 12.1 Å². The average molecular weight is 417 g/mol. The Bertz CT molecular complexity index is 1090. The molecule has 0 bridgehead atoms. The monoisotopic (exact) mass is 416 g/mol. The molecule has 1 aliphatic rings. The second kappa shape index (κ2) is 7.19. The van der Waals surface area contributed by atoms with Gasteiger partial charge in [0.1, 0.15) is 5.58 Å². The van der Waals surface area contributed by atoms with Crippen molar-refractivity contribution < 1.29 is 18.7 Å². The van der Waals surface area contributed by atoms with Gasteiger partial charge in [-0.05, 0) is 59.0 Å². The van der Waals surface area contributed by atoms with Crippen molar-refractivity contribution in [1.29, 1.82) is 0 Å². The predicted octanol–water partition coefficient (Wildman–Crippen LogP) is 6.38. The second-order valence-corrected chi connectivity index (χ2v) is 7.86. The molecule has 6 heteroatoms. The van der Waals surface area contributed by atoms with E-state index in [4.69, 9.17) is 37.1 Å². The summed E-state index contributed by atoms with van der Waals surface area (Å²) in [6.45, 7) is 4.00. The zero-order valence-electron chi connectivity index (χ0n) is 15.6. The number of ether oxygens (including phenoxy) is 2. The molecular weight excluding hydrogens is 399 g/mol. The Morgan fingerprint density at radius 3 is 2.43 bits per heavy atom. The van der Waals surface area contributed by atoms with E-state index in [0.29, 0.717) is 27.1 Å².